The summed E-state index contributed by atoms with van der Waals surface area (Å²) in [6, 6.07) is 6.75. The van der Waals surface area contributed by atoms with Gasteiger partial charge in [-0.3, -0.25) is 4.79 Å². The fourth-order valence-electron chi connectivity index (χ4n) is 3.84. The van der Waals surface area contributed by atoms with E-state index in [4.69, 9.17) is 9.47 Å². The second-order valence-corrected chi connectivity index (χ2v) is 6.53. The van der Waals surface area contributed by atoms with Crippen LogP contribution in [0.1, 0.15) is 39.0 Å². The molecule has 0 aliphatic carbocycles. The number of benzene rings is 1. The maximum atomic E-state index is 12.3. The second kappa shape index (κ2) is 8.58. The van der Waals surface area contributed by atoms with E-state index in [2.05, 4.69) is 10.6 Å². The number of fused-ring (bicyclic) bond motifs is 2. The van der Waals surface area contributed by atoms with E-state index < -0.39 is 0 Å². The number of rotatable bonds is 6. The lowest BCUT2D eigenvalue weighted by Crippen LogP contribution is -2.39. The Labute approximate surface area is 149 Å². The Kier molecular flexibility index (Phi) is 6.75. The predicted molar refractivity (Wildman–Crippen MR) is 97.3 cm³/mol. The number of methoxy groups -OCH3 is 1. The summed E-state index contributed by atoms with van der Waals surface area (Å²) in [5.41, 5.74) is 0.760. The molecular weight excluding hydrogens is 328 g/mol. The van der Waals surface area contributed by atoms with Crippen molar-refractivity contribution in [1.82, 2.24) is 5.32 Å². The third-order valence-corrected chi connectivity index (χ3v) is 4.79. The van der Waals surface area contributed by atoms with Crippen molar-refractivity contribution in [3.63, 3.8) is 0 Å². The second-order valence-electron chi connectivity index (χ2n) is 6.53. The Morgan fingerprint density at radius 2 is 1.96 bits per heavy atom. The number of ether oxygens (including phenoxy) is 2. The smallest absolute Gasteiger partial charge is 0.224 e. The van der Waals surface area contributed by atoms with E-state index in [9.17, 15) is 4.79 Å². The minimum Gasteiger partial charge on any atom is -0.493 e. The van der Waals surface area contributed by atoms with Gasteiger partial charge in [-0.2, -0.15) is 0 Å². The standard InChI is InChI=1S/C18H26N2O3.ClH/c1-3-23-17-11-15(6-7-16(17)22-2)20-18(21)10-12-8-13-4-5-14(9-12)19-13;/h6-7,11-14,19H,3-5,8-10H2,1-2H3,(H,20,21);1H. The lowest BCUT2D eigenvalue weighted by molar-refractivity contribution is -0.117. The SMILES string of the molecule is CCOc1cc(NC(=O)CC2CC3CCC(C2)N3)ccc1OC.Cl. The van der Waals surface area contributed by atoms with E-state index in [1.54, 1.807) is 7.11 Å². The van der Waals surface area contributed by atoms with Crippen molar-refractivity contribution < 1.29 is 14.3 Å². The number of hydrogen-bond donors (Lipinski definition) is 2. The minimum absolute atomic E-state index is 0. The van der Waals surface area contributed by atoms with E-state index in [0.717, 1.165) is 18.5 Å². The summed E-state index contributed by atoms with van der Waals surface area (Å²) in [6.45, 7) is 2.49. The molecule has 5 nitrogen and oxygen atoms in total. The quantitative estimate of drug-likeness (QED) is 0.822. The van der Waals surface area contributed by atoms with E-state index in [1.165, 1.54) is 12.8 Å². The topological polar surface area (TPSA) is 59.6 Å². The summed E-state index contributed by atoms with van der Waals surface area (Å²) in [7, 11) is 1.61. The van der Waals surface area contributed by atoms with Crippen LogP contribution in [0, 0.1) is 5.92 Å². The normalized spacial score (nSPS) is 24.8. The molecule has 1 amide bonds. The molecule has 1 aromatic rings. The molecule has 24 heavy (non-hydrogen) atoms. The highest BCUT2D eigenvalue weighted by atomic mass is 35.5. The fraction of sp³-hybridized carbons (Fsp3) is 0.611. The molecule has 0 spiro atoms. The van der Waals surface area contributed by atoms with E-state index in [-0.39, 0.29) is 18.3 Å². The summed E-state index contributed by atoms with van der Waals surface area (Å²) in [5.74, 6) is 1.93. The molecule has 6 heteroatoms. The number of hydrogen-bond acceptors (Lipinski definition) is 4. The lowest BCUT2D eigenvalue weighted by atomic mass is 9.89. The Morgan fingerprint density at radius 3 is 2.58 bits per heavy atom. The predicted octanol–water partition coefficient (Wildman–Crippen LogP) is 3.37. The first-order valence-corrected chi connectivity index (χ1v) is 8.54. The highest BCUT2D eigenvalue weighted by molar-refractivity contribution is 5.91. The number of piperidine rings is 1. The average molecular weight is 355 g/mol. The molecule has 2 atom stereocenters. The molecule has 3 rings (SSSR count). The molecule has 2 bridgehead atoms. The highest BCUT2D eigenvalue weighted by Crippen LogP contribution is 2.33. The Morgan fingerprint density at radius 1 is 1.25 bits per heavy atom. The van der Waals surface area contributed by atoms with Crippen LogP contribution in [0.4, 0.5) is 5.69 Å². The Bertz CT molecular complexity index is 555. The zero-order valence-corrected chi connectivity index (χ0v) is 15.2. The van der Waals surface area contributed by atoms with Crippen LogP contribution in [0.15, 0.2) is 18.2 Å². The van der Waals surface area contributed by atoms with E-state index >= 15 is 0 Å². The summed E-state index contributed by atoms with van der Waals surface area (Å²) in [6.07, 6.45) is 5.37. The molecule has 2 aliphatic heterocycles. The monoisotopic (exact) mass is 354 g/mol. The minimum atomic E-state index is 0. The van der Waals surface area contributed by atoms with Gasteiger partial charge in [0.2, 0.25) is 5.91 Å². The van der Waals surface area contributed by atoms with Gasteiger partial charge < -0.3 is 20.1 Å². The van der Waals surface area contributed by atoms with Gasteiger partial charge >= 0.3 is 0 Å². The maximum absolute atomic E-state index is 12.3. The van der Waals surface area contributed by atoms with Crippen molar-refractivity contribution in [3.8, 4) is 11.5 Å². The van der Waals surface area contributed by atoms with Gasteiger partial charge in [0.15, 0.2) is 11.5 Å². The largest absolute Gasteiger partial charge is 0.493 e. The first-order valence-electron chi connectivity index (χ1n) is 8.54. The Balaban J connectivity index is 0.00000208. The lowest BCUT2D eigenvalue weighted by Gasteiger charge is -2.28. The maximum Gasteiger partial charge on any atom is 0.224 e. The first kappa shape index (κ1) is 18.9. The molecule has 0 saturated carbocycles. The van der Waals surface area contributed by atoms with Gasteiger partial charge in [0.05, 0.1) is 13.7 Å². The van der Waals surface area contributed by atoms with Crippen LogP contribution in [0.5, 0.6) is 11.5 Å². The third kappa shape index (κ3) is 4.54. The van der Waals surface area contributed by atoms with Crippen molar-refractivity contribution in [2.45, 2.75) is 51.1 Å². The van der Waals surface area contributed by atoms with Crippen molar-refractivity contribution in [3.05, 3.63) is 18.2 Å². The van der Waals surface area contributed by atoms with Crippen LogP contribution < -0.4 is 20.1 Å². The average Bonchev–Trinajstić information content (AvgIpc) is 2.86. The summed E-state index contributed by atoms with van der Waals surface area (Å²) in [4.78, 5) is 12.3. The van der Waals surface area contributed by atoms with Gasteiger partial charge in [0.1, 0.15) is 0 Å². The molecular formula is C18H27ClN2O3. The van der Waals surface area contributed by atoms with Crippen molar-refractivity contribution in [1.29, 1.82) is 0 Å². The van der Waals surface area contributed by atoms with Gasteiger partial charge in [-0.15, -0.1) is 12.4 Å². The summed E-state index contributed by atoms with van der Waals surface area (Å²) >= 11 is 0. The molecule has 2 unspecified atom stereocenters. The molecule has 0 radical (unpaired) electrons. The van der Waals surface area contributed by atoms with Crippen LogP contribution in [0.2, 0.25) is 0 Å². The number of halogens is 1. The number of amides is 1. The van der Waals surface area contributed by atoms with Gasteiger partial charge in [-0.1, -0.05) is 0 Å². The van der Waals surface area contributed by atoms with Crippen LogP contribution >= 0.6 is 12.4 Å². The summed E-state index contributed by atoms with van der Waals surface area (Å²) in [5, 5.41) is 6.61. The third-order valence-electron chi connectivity index (χ3n) is 4.79. The summed E-state index contributed by atoms with van der Waals surface area (Å²) < 4.78 is 10.8. The van der Waals surface area contributed by atoms with Gasteiger partial charge in [-0.25, -0.2) is 0 Å². The highest BCUT2D eigenvalue weighted by Gasteiger charge is 2.34. The van der Waals surface area contributed by atoms with Crippen LogP contribution in [0.25, 0.3) is 0 Å². The zero-order chi connectivity index (χ0) is 16.2. The van der Waals surface area contributed by atoms with Gasteiger partial charge in [-0.05, 0) is 50.7 Å². The molecule has 2 saturated heterocycles. The molecule has 134 valence electrons. The molecule has 2 heterocycles. The molecule has 1 aromatic carbocycles. The van der Waals surface area contributed by atoms with Crippen molar-refractivity contribution in [2.24, 2.45) is 5.92 Å². The molecule has 2 N–H and O–H groups in total. The van der Waals surface area contributed by atoms with E-state index in [1.807, 2.05) is 25.1 Å². The van der Waals surface area contributed by atoms with Crippen molar-refractivity contribution >= 4 is 24.0 Å². The number of nitrogens with one attached hydrogen (secondary N) is 2. The first-order chi connectivity index (χ1) is 11.2. The van der Waals surface area contributed by atoms with Crippen LogP contribution in [-0.4, -0.2) is 31.7 Å². The number of carbonyl (C=O) groups excluding carboxylic acids is 1. The van der Waals surface area contributed by atoms with Crippen LogP contribution in [-0.2, 0) is 4.79 Å². The molecule has 2 aliphatic rings. The number of carbonyl (C=O) groups is 1. The Hall–Kier alpha value is -1.46. The van der Waals surface area contributed by atoms with Crippen LogP contribution in [0.3, 0.4) is 0 Å². The van der Waals surface area contributed by atoms with Crippen molar-refractivity contribution in [2.75, 3.05) is 19.0 Å². The molecule has 2 fully saturated rings. The zero-order valence-electron chi connectivity index (χ0n) is 14.3. The number of anilines is 1. The van der Waals surface area contributed by atoms with Gasteiger partial charge in [0, 0.05) is 30.3 Å². The fourth-order valence-corrected chi connectivity index (χ4v) is 3.84. The van der Waals surface area contributed by atoms with E-state index in [0.29, 0.717) is 42.5 Å². The molecule has 0 aromatic heterocycles. The van der Waals surface area contributed by atoms with Gasteiger partial charge in [0.25, 0.3) is 0 Å².